The van der Waals surface area contributed by atoms with Crippen molar-refractivity contribution in [1.82, 2.24) is 0 Å². The molecule has 30 heavy (non-hydrogen) atoms. The minimum absolute atomic E-state index is 0.501. The van der Waals surface area contributed by atoms with Crippen LogP contribution in [0.25, 0.3) is 0 Å². The Hall–Kier alpha value is -0.0400. The van der Waals surface area contributed by atoms with E-state index in [0.717, 1.165) is 59.2 Å². The van der Waals surface area contributed by atoms with E-state index in [-0.39, 0.29) is 0 Å². The van der Waals surface area contributed by atoms with E-state index in [0.29, 0.717) is 6.04 Å². The predicted molar refractivity (Wildman–Crippen MR) is 126 cm³/mol. The van der Waals surface area contributed by atoms with Gasteiger partial charge in [0.15, 0.2) is 0 Å². The van der Waals surface area contributed by atoms with Crippen molar-refractivity contribution in [3.8, 4) is 0 Å². The van der Waals surface area contributed by atoms with E-state index in [1.165, 1.54) is 57.8 Å². The molecule has 0 bridgehead atoms. The standard InChI is InChI=1S/C29H49N/c30-21-9-6-10-22-23-13-15-26(23)28(22)17-19-7-4-2-1-3-5-8-20(19)18-29-25(12-11-21)24-14-16-27(24)29/h19-29H,1-18,30H2/t19-,20+,21?,22?,23?,24?,25-,26?,27?,28?,29?/m0/s1. The number of rotatable bonds is 0. The van der Waals surface area contributed by atoms with Gasteiger partial charge in [-0.15, -0.1) is 0 Å². The molecular weight excluding hydrogens is 362 g/mol. The fraction of sp³-hybridized carbons (Fsp3) is 1.00. The number of hydrogen-bond acceptors (Lipinski definition) is 1. The molecule has 0 amide bonds. The molecule has 0 radical (unpaired) electrons. The van der Waals surface area contributed by atoms with Crippen molar-refractivity contribution in [2.45, 2.75) is 122 Å². The summed E-state index contributed by atoms with van der Waals surface area (Å²) >= 11 is 0. The van der Waals surface area contributed by atoms with Crippen LogP contribution in [0.5, 0.6) is 0 Å². The van der Waals surface area contributed by atoms with Gasteiger partial charge in [0, 0.05) is 6.04 Å². The van der Waals surface area contributed by atoms with Crippen LogP contribution in [0, 0.1) is 59.2 Å². The molecule has 0 aromatic heterocycles. The monoisotopic (exact) mass is 411 g/mol. The Morgan fingerprint density at radius 3 is 1.30 bits per heavy atom. The molecule has 6 fully saturated rings. The fourth-order valence-corrected chi connectivity index (χ4v) is 10.1. The highest BCUT2D eigenvalue weighted by atomic mass is 14.7. The van der Waals surface area contributed by atoms with Crippen LogP contribution in [0.1, 0.15) is 116 Å². The summed E-state index contributed by atoms with van der Waals surface area (Å²) in [4.78, 5) is 0. The van der Waals surface area contributed by atoms with Crippen LogP contribution in [0.3, 0.4) is 0 Å². The molecule has 170 valence electrons. The summed E-state index contributed by atoms with van der Waals surface area (Å²) < 4.78 is 0. The molecule has 0 aliphatic heterocycles. The van der Waals surface area contributed by atoms with Crippen molar-refractivity contribution in [2.75, 3.05) is 0 Å². The van der Waals surface area contributed by atoms with Gasteiger partial charge in [0.1, 0.15) is 0 Å². The lowest BCUT2D eigenvalue weighted by molar-refractivity contribution is -0.133. The number of nitrogens with two attached hydrogens (primary N) is 1. The minimum atomic E-state index is 0.501. The van der Waals surface area contributed by atoms with Gasteiger partial charge in [-0.2, -0.15) is 0 Å². The third-order valence-corrected chi connectivity index (χ3v) is 12.0. The van der Waals surface area contributed by atoms with Gasteiger partial charge in [0.25, 0.3) is 0 Å². The van der Waals surface area contributed by atoms with Crippen molar-refractivity contribution in [3.05, 3.63) is 0 Å². The first-order valence-electron chi connectivity index (χ1n) is 14.5. The van der Waals surface area contributed by atoms with E-state index in [1.54, 1.807) is 57.8 Å². The van der Waals surface area contributed by atoms with Crippen LogP contribution in [0.4, 0.5) is 0 Å². The highest BCUT2D eigenvalue weighted by molar-refractivity contribution is 5.06. The molecule has 2 N–H and O–H groups in total. The maximum absolute atomic E-state index is 6.65. The summed E-state index contributed by atoms with van der Waals surface area (Å²) in [6, 6.07) is 0.501. The van der Waals surface area contributed by atoms with E-state index in [1.807, 2.05) is 0 Å². The summed E-state index contributed by atoms with van der Waals surface area (Å²) in [5.41, 5.74) is 6.65. The van der Waals surface area contributed by atoms with E-state index >= 15 is 0 Å². The maximum Gasteiger partial charge on any atom is 0.00389 e. The molecule has 1 nitrogen and oxygen atoms in total. The zero-order valence-corrected chi connectivity index (χ0v) is 19.7. The average Bonchev–Trinajstić information content (AvgIpc) is 2.80. The van der Waals surface area contributed by atoms with E-state index in [4.69, 9.17) is 5.73 Å². The minimum Gasteiger partial charge on any atom is -0.328 e. The van der Waals surface area contributed by atoms with Crippen molar-refractivity contribution in [3.63, 3.8) is 0 Å². The topological polar surface area (TPSA) is 26.0 Å². The van der Waals surface area contributed by atoms with Crippen LogP contribution in [0.2, 0.25) is 0 Å². The Labute approximate surface area is 186 Å². The molecule has 0 aromatic rings. The molecule has 6 aliphatic rings. The van der Waals surface area contributed by atoms with Crippen molar-refractivity contribution >= 4 is 0 Å². The lowest BCUT2D eigenvalue weighted by atomic mass is 9.43. The highest BCUT2D eigenvalue weighted by Crippen LogP contribution is 2.64. The van der Waals surface area contributed by atoms with Gasteiger partial charge in [-0.1, -0.05) is 51.4 Å². The molecule has 1 heteroatoms. The first-order chi connectivity index (χ1) is 14.8. The predicted octanol–water partition coefficient (Wildman–Crippen LogP) is 7.58. The number of hydrogen-bond donors (Lipinski definition) is 1. The van der Waals surface area contributed by atoms with Crippen LogP contribution < -0.4 is 5.73 Å². The molecular formula is C29H49N. The van der Waals surface area contributed by atoms with E-state index in [2.05, 4.69) is 0 Å². The fourth-order valence-electron chi connectivity index (χ4n) is 10.1. The zero-order valence-electron chi connectivity index (χ0n) is 19.7. The van der Waals surface area contributed by atoms with E-state index < -0.39 is 0 Å². The summed E-state index contributed by atoms with van der Waals surface area (Å²) in [6.45, 7) is 0. The summed E-state index contributed by atoms with van der Waals surface area (Å²) in [6.07, 6.45) is 27.4. The summed E-state index contributed by atoms with van der Waals surface area (Å²) in [5, 5.41) is 0. The van der Waals surface area contributed by atoms with Crippen LogP contribution in [0.15, 0.2) is 0 Å². The molecule has 0 spiro atoms. The Morgan fingerprint density at radius 2 is 0.767 bits per heavy atom. The molecule has 6 saturated carbocycles. The van der Waals surface area contributed by atoms with Crippen LogP contribution in [-0.2, 0) is 0 Å². The van der Waals surface area contributed by atoms with Gasteiger partial charge >= 0.3 is 0 Å². The second-order valence-electron chi connectivity index (χ2n) is 13.1. The molecule has 6 aliphatic carbocycles. The second kappa shape index (κ2) is 8.72. The van der Waals surface area contributed by atoms with E-state index in [9.17, 15) is 0 Å². The smallest absolute Gasteiger partial charge is 0.00389 e. The third-order valence-electron chi connectivity index (χ3n) is 12.0. The van der Waals surface area contributed by atoms with Gasteiger partial charge < -0.3 is 5.73 Å². The Balaban J connectivity index is 1.22. The van der Waals surface area contributed by atoms with Gasteiger partial charge in [0.05, 0.1) is 0 Å². The highest BCUT2D eigenvalue weighted by Gasteiger charge is 2.57. The summed E-state index contributed by atoms with van der Waals surface area (Å²) in [5.74, 6) is 11.1. The lowest BCUT2D eigenvalue weighted by Crippen LogP contribution is -2.55. The normalized spacial score (nSPS) is 54.1. The van der Waals surface area contributed by atoms with Crippen LogP contribution >= 0.6 is 0 Å². The largest absolute Gasteiger partial charge is 0.328 e. The molecule has 11 atom stereocenters. The average molecular weight is 412 g/mol. The first-order valence-corrected chi connectivity index (χ1v) is 14.5. The van der Waals surface area contributed by atoms with Gasteiger partial charge in [-0.25, -0.2) is 0 Å². The molecule has 8 unspecified atom stereocenters. The molecule has 6 rings (SSSR count). The van der Waals surface area contributed by atoms with Gasteiger partial charge in [0.2, 0.25) is 0 Å². The zero-order chi connectivity index (χ0) is 20.1. The lowest BCUT2D eigenvalue weighted by Gasteiger charge is -2.62. The second-order valence-corrected chi connectivity index (χ2v) is 13.1. The number of fused-ring (bicyclic) bond motifs is 9. The van der Waals surface area contributed by atoms with Crippen LogP contribution in [-0.4, -0.2) is 6.04 Å². The first kappa shape index (κ1) is 20.6. The Kier molecular flexibility index (Phi) is 5.97. The molecule has 0 aromatic carbocycles. The maximum atomic E-state index is 6.65. The molecule has 0 heterocycles. The van der Waals surface area contributed by atoms with Gasteiger partial charge in [-0.05, 0) is 123 Å². The van der Waals surface area contributed by atoms with Crippen molar-refractivity contribution in [2.24, 2.45) is 64.9 Å². The van der Waals surface area contributed by atoms with Crippen molar-refractivity contribution < 1.29 is 0 Å². The summed E-state index contributed by atoms with van der Waals surface area (Å²) in [7, 11) is 0. The third kappa shape index (κ3) is 3.62. The quantitative estimate of drug-likeness (QED) is 0.437. The Bertz CT molecular complexity index is 585. The van der Waals surface area contributed by atoms with Crippen molar-refractivity contribution in [1.29, 1.82) is 0 Å². The molecule has 0 saturated heterocycles. The van der Waals surface area contributed by atoms with Gasteiger partial charge in [-0.3, -0.25) is 0 Å². The SMILES string of the molecule is NC1CCCC2C3CCC3C2C[C@@H]2CCCCCCC[C@@H]2CC2C3CCC3[C@@H]2CC1. The Morgan fingerprint density at radius 1 is 0.333 bits per heavy atom.